The topological polar surface area (TPSA) is 46.2 Å². The molecule has 0 aliphatic rings. The Labute approximate surface area is 70.7 Å². The first kappa shape index (κ1) is 8.71. The zero-order valence-electron chi connectivity index (χ0n) is 6.58. The van der Waals surface area contributed by atoms with Gasteiger partial charge in [-0.25, -0.2) is 0 Å². The molecule has 0 radical (unpaired) electrons. The molecular weight excluding hydrogens is 158 g/mol. The van der Waals surface area contributed by atoms with Gasteiger partial charge in [0.15, 0.2) is 0 Å². The van der Waals surface area contributed by atoms with Crippen LogP contribution in [-0.4, -0.2) is 11.7 Å². The van der Waals surface area contributed by atoms with E-state index in [4.69, 9.17) is 10.8 Å². The minimum atomic E-state index is -0.194. The molecule has 1 rings (SSSR count). The van der Waals surface area contributed by atoms with Crippen molar-refractivity contribution in [1.29, 1.82) is 0 Å². The number of rotatable bonds is 3. The molecule has 0 saturated carbocycles. The van der Waals surface area contributed by atoms with Gasteiger partial charge in [0.25, 0.3) is 0 Å². The Kier molecular flexibility index (Phi) is 3.05. The quantitative estimate of drug-likeness (QED) is 0.720. The van der Waals surface area contributed by atoms with Crippen LogP contribution in [0.5, 0.6) is 0 Å². The number of thiophene rings is 1. The number of aliphatic hydroxyl groups excluding tert-OH is 1. The van der Waals surface area contributed by atoms with Crippen LogP contribution >= 0.6 is 11.3 Å². The van der Waals surface area contributed by atoms with E-state index >= 15 is 0 Å². The standard InChI is InChI=1S/C8H13NOS/c1-2-6-3-4-8(11-6)7(9)5-10/h3-4,7,10H,2,5,9H2,1H3/t7-/m0/s1. The van der Waals surface area contributed by atoms with Crippen molar-refractivity contribution in [3.63, 3.8) is 0 Å². The summed E-state index contributed by atoms with van der Waals surface area (Å²) in [6.07, 6.45) is 1.04. The second kappa shape index (κ2) is 3.85. The van der Waals surface area contributed by atoms with Crippen LogP contribution in [0.15, 0.2) is 12.1 Å². The summed E-state index contributed by atoms with van der Waals surface area (Å²) in [5, 5.41) is 8.75. The molecule has 0 unspecified atom stereocenters. The van der Waals surface area contributed by atoms with Gasteiger partial charge in [0, 0.05) is 9.75 Å². The van der Waals surface area contributed by atoms with Crippen molar-refractivity contribution in [2.75, 3.05) is 6.61 Å². The van der Waals surface area contributed by atoms with Gasteiger partial charge < -0.3 is 10.8 Å². The van der Waals surface area contributed by atoms with Crippen molar-refractivity contribution in [3.05, 3.63) is 21.9 Å². The third-order valence-corrected chi connectivity index (χ3v) is 2.95. The van der Waals surface area contributed by atoms with Gasteiger partial charge in [0.2, 0.25) is 0 Å². The lowest BCUT2D eigenvalue weighted by molar-refractivity contribution is 0.269. The molecule has 1 aromatic heterocycles. The Morgan fingerprint density at radius 1 is 1.64 bits per heavy atom. The number of aliphatic hydroxyl groups is 1. The third kappa shape index (κ3) is 2.02. The number of hydrogen-bond donors (Lipinski definition) is 2. The lowest BCUT2D eigenvalue weighted by atomic mass is 10.3. The van der Waals surface area contributed by atoms with Gasteiger partial charge in [-0.1, -0.05) is 6.92 Å². The van der Waals surface area contributed by atoms with Crippen LogP contribution in [0.25, 0.3) is 0 Å². The summed E-state index contributed by atoms with van der Waals surface area (Å²) < 4.78 is 0. The van der Waals surface area contributed by atoms with E-state index in [0.717, 1.165) is 11.3 Å². The van der Waals surface area contributed by atoms with E-state index in [1.54, 1.807) is 11.3 Å². The average Bonchev–Trinajstić information content (AvgIpc) is 2.50. The minimum Gasteiger partial charge on any atom is -0.394 e. The highest BCUT2D eigenvalue weighted by atomic mass is 32.1. The Morgan fingerprint density at radius 2 is 2.36 bits per heavy atom. The molecule has 11 heavy (non-hydrogen) atoms. The van der Waals surface area contributed by atoms with E-state index in [9.17, 15) is 0 Å². The third-order valence-electron chi connectivity index (χ3n) is 1.59. The summed E-state index contributed by atoms with van der Waals surface area (Å²) >= 11 is 1.68. The molecule has 0 bridgehead atoms. The normalized spacial score (nSPS) is 13.4. The van der Waals surface area contributed by atoms with Crippen molar-refractivity contribution < 1.29 is 5.11 Å². The molecule has 0 amide bonds. The zero-order valence-corrected chi connectivity index (χ0v) is 7.40. The van der Waals surface area contributed by atoms with Crippen LogP contribution < -0.4 is 5.73 Å². The fourth-order valence-corrected chi connectivity index (χ4v) is 1.82. The molecule has 1 aromatic rings. The van der Waals surface area contributed by atoms with Gasteiger partial charge in [0.1, 0.15) is 0 Å². The summed E-state index contributed by atoms with van der Waals surface area (Å²) in [6.45, 7) is 2.14. The van der Waals surface area contributed by atoms with Crippen molar-refractivity contribution in [1.82, 2.24) is 0 Å². The van der Waals surface area contributed by atoms with E-state index in [1.807, 2.05) is 6.07 Å². The Hall–Kier alpha value is -0.380. The van der Waals surface area contributed by atoms with Crippen molar-refractivity contribution in [3.8, 4) is 0 Å². The second-order valence-corrected chi connectivity index (χ2v) is 3.65. The second-order valence-electron chi connectivity index (χ2n) is 2.45. The SMILES string of the molecule is CCc1ccc([C@@H](N)CO)s1. The highest BCUT2D eigenvalue weighted by Crippen LogP contribution is 2.21. The Bertz CT molecular complexity index is 222. The van der Waals surface area contributed by atoms with E-state index in [0.29, 0.717) is 0 Å². The minimum absolute atomic E-state index is 0.0314. The fraction of sp³-hybridized carbons (Fsp3) is 0.500. The monoisotopic (exact) mass is 171 g/mol. The van der Waals surface area contributed by atoms with E-state index in [2.05, 4.69) is 13.0 Å². The van der Waals surface area contributed by atoms with E-state index in [1.165, 1.54) is 4.88 Å². The molecule has 1 atom stereocenters. The summed E-state index contributed by atoms with van der Waals surface area (Å²) in [5.74, 6) is 0. The predicted molar refractivity (Wildman–Crippen MR) is 47.7 cm³/mol. The first-order valence-corrected chi connectivity index (χ1v) is 4.54. The van der Waals surface area contributed by atoms with Crippen molar-refractivity contribution >= 4 is 11.3 Å². The summed E-state index contributed by atoms with van der Waals surface area (Å²) in [7, 11) is 0. The maximum atomic E-state index is 8.75. The van der Waals surface area contributed by atoms with Crippen LogP contribution in [0.3, 0.4) is 0 Å². The maximum absolute atomic E-state index is 8.75. The van der Waals surface area contributed by atoms with Crippen LogP contribution in [0.4, 0.5) is 0 Å². The van der Waals surface area contributed by atoms with Crippen molar-refractivity contribution in [2.45, 2.75) is 19.4 Å². The lowest BCUT2D eigenvalue weighted by Gasteiger charge is -2.02. The molecule has 0 aliphatic carbocycles. The molecule has 0 fully saturated rings. The summed E-state index contributed by atoms with van der Waals surface area (Å²) in [4.78, 5) is 2.40. The predicted octanol–water partition coefficient (Wildman–Crippen LogP) is 1.30. The highest BCUT2D eigenvalue weighted by molar-refractivity contribution is 7.12. The molecule has 3 heteroatoms. The molecule has 2 nitrogen and oxygen atoms in total. The largest absolute Gasteiger partial charge is 0.394 e. The zero-order chi connectivity index (χ0) is 8.27. The maximum Gasteiger partial charge on any atom is 0.0632 e. The number of nitrogens with two attached hydrogens (primary N) is 1. The van der Waals surface area contributed by atoms with Gasteiger partial charge in [-0.05, 0) is 18.6 Å². The lowest BCUT2D eigenvalue weighted by Crippen LogP contribution is -2.12. The first-order chi connectivity index (χ1) is 5.27. The van der Waals surface area contributed by atoms with E-state index in [-0.39, 0.29) is 12.6 Å². The first-order valence-electron chi connectivity index (χ1n) is 3.73. The fourth-order valence-electron chi connectivity index (χ4n) is 0.874. The average molecular weight is 171 g/mol. The van der Waals surface area contributed by atoms with Crippen molar-refractivity contribution in [2.24, 2.45) is 5.73 Å². The van der Waals surface area contributed by atoms with Gasteiger partial charge in [-0.3, -0.25) is 0 Å². The number of hydrogen-bond acceptors (Lipinski definition) is 3. The smallest absolute Gasteiger partial charge is 0.0632 e. The summed E-state index contributed by atoms with van der Waals surface area (Å²) in [6, 6.07) is 3.86. The molecule has 1 heterocycles. The van der Waals surface area contributed by atoms with Crippen LogP contribution in [0.2, 0.25) is 0 Å². The van der Waals surface area contributed by atoms with Crippen LogP contribution in [0.1, 0.15) is 22.7 Å². The molecular formula is C8H13NOS. The Balaban J connectivity index is 2.71. The molecule has 3 N–H and O–H groups in total. The van der Waals surface area contributed by atoms with Gasteiger partial charge in [0.05, 0.1) is 12.6 Å². The summed E-state index contributed by atoms with van der Waals surface area (Å²) in [5.41, 5.74) is 5.62. The highest BCUT2D eigenvalue weighted by Gasteiger charge is 2.06. The molecule has 0 saturated heterocycles. The van der Waals surface area contributed by atoms with Gasteiger partial charge in [-0.2, -0.15) is 0 Å². The Morgan fingerprint density at radius 3 is 2.82 bits per heavy atom. The molecule has 62 valence electrons. The van der Waals surface area contributed by atoms with E-state index < -0.39 is 0 Å². The molecule has 0 aromatic carbocycles. The van der Waals surface area contributed by atoms with Crippen LogP contribution in [-0.2, 0) is 6.42 Å². The molecule has 0 spiro atoms. The van der Waals surface area contributed by atoms with Gasteiger partial charge in [-0.15, -0.1) is 11.3 Å². The molecule has 0 aliphatic heterocycles. The van der Waals surface area contributed by atoms with Crippen LogP contribution in [0, 0.1) is 0 Å². The number of aryl methyl sites for hydroxylation is 1. The van der Waals surface area contributed by atoms with Gasteiger partial charge >= 0.3 is 0 Å².